The second-order valence-electron chi connectivity index (χ2n) is 0. The topological polar surface area (TPSA) is 0 Å². The van der Waals surface area contributed by atoms with Crippen LogP contribution in [0.15, 0.2) is 0 Å². The van der Waals surface area contributed by atoms with Gasteiger partial charge in [0.25, 0.3) is 0 Å². The summed E-state index contributed by atoms with van der Waals surface area (Å²) in [7, 11) is 0. The van der Waals surface area contributed by atoms with Gasteiger partial charge in [-0.15, -0.1) is 0 Å². The Morgan fingerprint density at radius 1 is 1.17 bits per heavy atom. The van der Waals surface area contributed by atoms with Crippen LogP contribution in [0, 0.1) is 0 Å². The Morgan fingerprint density at radius 2 is 1.17 bits per heavy atom. The monoisotopic (exact) mass is 432 g/mol. The summed E-state index contributed by atoms with van der Waals surface area (Å²) in [6.45, 7) is 0. The van der Waals surface area contributed by atoms with Gasteiger partial charge >= 0.3 is 71.9 Å². The quantitative estimate of drug-likeness (QED) is 0.462. The molecule has 0 atom stereocenters. The zero-order valence-corrected chi connectivity index (χ0v) is 16.9. The maximum absolute atomic E-state index is 0. The molecule has 0 unspecified atom stereocenters. The fraction of sp³-hybridized carbons (Fsp3) is 0. The molecule has 0 saturated heterocycles. The van der Waals surface area contributed by atoms with Crippen LogP contribution in [-0.2, 0) is 79.3 Å². The molecular formula is H4BaFeMgMoTiZn. The molecule has 0 bridgehead atoms. The Kier molecular flexibility index (Phi) is 243. The van der Waals surface area contributed by atoms with Crippen LogP contribution in [0.4, 0.5) is 0 Å². The first kappa shape index (κ1) is 44.6. The van der Waals surface area contributed by atoms with Gasteiger partial charge in [0.2, 0.25) is 0 Å². The van der Waals surface area contributed by atoms with Gasteiger partial charge in [0, 0.05) is 79.3 Å². The third-order valence-electron chi connectivity index (χ3n) is 0. The second-order valence-corrected chi connectivity index (χ2v) is 0. The smallest absolute Gasteiger partial charge is 1.00 e. The molecule has 0 aromatic carbocycles. The molecule has 0 aliphatic carbocycles. The van der Waals surface area contributed by atoms with E-state index in [2.05, 4.69) is 0 Å². The average molecular weight is 431 g/mol. The van der Waals surface area contributed by atoms with E-state index in [1.807, 2.05) is 0 Å². The van der Waals surface area contributed by atoms with E-state index in [9.17, 15) is 0 Å². The molecule has 0 rings (SSSR count). The fourth-order valence-electron chi connectivity index (χ4n) is 0. The molecule has 0 aromatic rings. The van der Waals surface area contributed by atoms with Gasteiger partial charge in [-0.1, -0.05) is 0 Å². The van der Waals surface area contributed by atoms with Gasteiger partial charge in [-0.25, -0.2) is 0 Å². The van der Waals surface area contributed by atoms with Crippen LogP contribution in [0.5, 0.6) is 0 Å². The molecule has 0 aromatic heterocycles. The molecular weight excluding hydrogens is 427 g/mol. The maximum Gasteiger partial charge on any atom is 2.00 e. The van der Waals surface area contributed by atoms with Crippen molar-refractivity contribution < 1.29 is 85.0 Å². The molecule has 0 saturated carbocycles. The molecule has 6 heteroatoms. The number of hydrogen-bond donors (Lipinski definition) is 0. The minimum atomic E-state index is 0. The van der Waals surface area contributed by atoms with E-state index in [0.717, 1.165) is 0 Å². The van der Waals surface area contributed by atoms with Crippen molar-refractivity contribution in [1.29, 1.82) is 0 Å². The van der Waals surface area contributed by atoms with E-state index in [4.69, 9.17) is 0 Å². The van der Waals surface area contributed by atoms with E-state index >= 15 is 0 Å². The van der Waals surface area contributed by atoms with Crippen molar-refractivity contribution in [1.82, 2.24) is 0 Å². The average Bonchev–Trinajstić information content (AvgIpc) is 0. The molecule has 0 radical (unpaired) electrons. The molecule has 0 heterocycles. The SMILES string of the molecule is [Ba+2].[Fe].[H-].[H-].[H-].[H-].[Mg+2].[Mo].[Ti].[Zn]. The Morgan fingerprint density at radius 3 is 1.17 bits per heavy atom. The van der Waals surface area contributed by atoms with Crippen molar-refractivity contribution in [3.05, 3.63) is 0 Å². The third-order valence-corrected chi connectivity index (χ3v) is 0. The molecule has 0 aliphatic heterocycles. The number of rotatable bonds is 0. The van der Waals surface area contributed by atoms with Crippen molar-refractivity contribution in [2.24, 2.45) is 0 Å². The first-order valence-corrected chi connectivity index (χ1v) is 0. The predicted octanol–water partition coefficient (Wildman–Crippen LogP) is -0.322. The summed E-state index contributed by atoms with van der Waals surface area (Å²) in [5, 5.41) is 0. The van der Waals surface area contributed by atoms with Gasteiger partial charge < -0.3 is 5.71 Å². The van der Waals surface area contributed by atoms with E-state index in [0.29, 0.717) is 0 Å². The van der Waals surface area contributed by atoms with Gasteiger partial charge in [0.1, 0.15) is 0 Å². The van der Waals surface area contributed by atoms with Gasteiger partial charge in [0.05, 0.1) is 0 Å². The summed E-state index contributed by atoms with van der Waals surface area (Å²) in [5.74, 6) is 0. The Labute approximate surface area is 153 Å². The maximum atomic E-state index is 0. The molecule has 28 valence electrons. The summed E-state index contributed by atoms with van der Waals surface area (Å²) in [6, 6.07) is 0. The van der Waals surface area contributed by atoms with Crippen molar-refractivity contribution >= 4 is 71.9 Å². The number of hydrogen-bond acceptors (Lipinski definition) is 0. The van der Waals surface area contributed by atoms with E-state index in [-0.39, 0.29) is 157 Å². The summed E-state index contributed by atoms with van der Waals surface area (Å²) in [4.78, 5) is 0. The van der Waals surface area contributed by atoms with Gasteiger partial charge in [-0.2, -0.15) is 0 Å². The first-order valence-electron chi connectivity index (χ1n) is 0. The van der Waals surface area contributed by atoms with Crippen LogP contribution in [0.25, 0.3) is 0 Å². The van der Waals surface area contributed by atoms with Crippen molar-refractivity contribution in [2.45, 2.75) is 0 Å². The van der Waals surface area contributed by atoms with Crippen LogP contribution < -0.4 is 0 Å². The van der Waals surface area contributed by atoms with E-state index in [1.165, 1.54) is 0 Å². The standard InChI is InChI=1S/Ba.Fe.Mg.Mo.Ti.Zn.4H/q+2;;+2;;;;4*-1. The minimum Gasteiger partial charge on any atom is -1.00 e. The summed E-state index contributed by atoms with van der Waals surface area (Å²) in [6.07, 6.45) is 0. The van der Waals surface area contributed by atoms with Gasteiger partial charge in [0.15, 0.2) is 0 Å². The third kappa shape index (κ3) is 23.2. The predicted molar refractivity (Wildman–Crippen MR) is 16.0 cm³/mol. The molecule has 0 aliphatic rings. The molecule has 0 fully saturated rings. The van der Waals surface area contributed by atoms with Gasteiger partial charge in [-0.05, 0) is 0 Å². The normalized spacial score (nSPS) is 0. The zero-order valence-electron chi connectivity index (χ0n) is 7.38. The van der Waals surface area contributed by atoms with E-state index in [1.54, 1.807) is 0 Å². The van der Waals surface area contributed by atoms with Crippen molar-refractivity contribution in [3.63, 3.8) is 0 Å². The summed E-state index contributed by atoms with van der Waals surface area (Å²) in [5.41, 5.74) is 0. The zero-order chi connectivity index (χ0) is 0. The summed E-state index contributed by atoms with van der Waals surface area (Å²) < 4.78 is 0. The Balaban J connectivity index is 0. The van der Waals surface area contributed by atoms with Crippen LogP contribution in [0.1, 0.15) is 5.71 Å². The molecule has 0 N–H and O–H groups in total. The molecule has 6 heavy (non-hydrogen) atoms. The van der Waals surface area contributed by atoms with Crippen LogP contribution in [0.2, 0.25) is 0 Å². The van der Waals surface area contributed by atoms with Crippen molar-refractivity contribution in [3.8, 4) is 0 Å². The molecule has 0 spiro atoms. The van der Waals surface area contributed by atoms with Crippen molar-refractivity contribution in [2.75, 3.05) is 0 Å². The molecule has 0 nitrogen and oxygen atoms in total. The Bertz CT molecular complexity index is 25.2. The van der Waals surface area contributed by atoms with Crippen LogP contribution >= 0.6 is 0 Å². The van der Waals surface area contributed by atoms with Gasteiger partial charge in [-0.3, -0.25) is 0 Å². The van der Waals surface area contributed by atoms with E-state index < -0.39 is 0 Å². The Hall–Kier alpha value is 4.88. The second kappa shape index (κ2) is 32.7. The molecule has 0 amide bonds. The minimum absolute atomic E-state index is 0. The largest absolute Gasteiger partial charge is 2.00 e. The fourth-order valence-corrected chi connectivity index (χ4v) is 0. The van der Waals surface area contributed by atoms with Crippen LogP contribution in [0.3, 0.4) is 0 Å². The summed E-state index contributed by atoms with van der Waals surface area (Å²) >= 11 is 0. The first-order chi connectivity index (χ1) is 0. The van der Waals surface area contributed by atoms with Crippen LogP contribution in [-0.4, -0.2) is 71.9 Å².